The number of rotatable bonds is 3. The van der Waals surface area contributed by atoms with Gasteiger partial charge in [0.15, 0.2) is 0 Å². The van der Waals surface area contributed by atoms with Crippen molar-refractivity contribution in [2.75, 3.05) is 7.11 Å². The van der Waals surface area contributed by atoms with Crippen molar-refractivity contribution < 1.29 is 22.7 Å². The molecule has 0 amide bonds. The van der Waals surface area contributed by atoms with Crippen LogP contribution in [0.3, 0.4) is 0 Å². The van der Waals surface area contributed by atoms with Crippen LogP contribution in [0.4, 0.5) is 13.2 Å². The summed E-state index contributed by atoms with van der Waals surface area (Å²) in [5.41, 5.74) is 0.564. The van der Waals surface area contributed by atoms with E-state index in [2.05, 4.69) is 9.72 Å². The van der Waals surface area contributed by atoms with E-state index >= 15 is 0 Å². The number of carbonyl (C=O) groups is 1. The maximum atomic E-state index is 12.9. The van der Waals surface area contributed by atoms with Crippen LogP contribution in [0.25, 0.3) is 17.2 Å². The lowest BCUT2D eigenvalue weighted by atomic mass is 9.98. The molecule has 0 spiro atoms. The van der Waals surface area contributed by atoms with Crippen LogP contribution < -0.4 is 0 Å². The molecule has 0 aliphatic carbocycles. The van der Waals surface area contributed by atoms with Crippen molar-refractivity contribution in [1.29, 1.82) is 0 Å². The van der Waals surface area contributed by atoms with Gasteiger partial charge in [-0.15, -0.1) is 0 Å². The Balaban J connectivity index is 2.54. The second kappa shape index (κ2) is 6.43. The molecule has 0 bridgehead atoms. The molecule has 0 atom stereocenters. The van der Waals surface area contributed by atoms with Crippen molar-refractivity contribution in [2.45, 2.75) is 6.18 Å². The molecule has 1 aromatic carbocycles. The molecule has 2 aromatic rings. The van der Waals surface area contributed by atoms with Crippen molar-refractivity contribution in [2.24, 2.45) is 0 Å². The fraction of sp³-hybridized carbons (Fsp3) is 0.125. The maximum Gasteiger partial charge on any atom is 0.416 e. The third kappa shape index (κ3) is 3.72. The van der Waals surface area contributed by atoms with Crippen LogP contribution in [-0.2, 0) is 15.7 Å². The minimum Gasteiger partial charge on any atom is -0.466 e. The minimum atomic E-state index is -4.44. The number of carbonyl (C=O) groups excluding carboxylic acids is 1. The summed E-state index contributed by atoms with van der Waals surface area (Å²) in [4.78, 5) is 15.1. The van der Waals surface area contributed by atoms with E-state index in [1.807, 2.05) is 0 Å². The third-order valence-corrected chi connectivity index (χ3v) is 2.95. The number of aromatic nitrogens is 1. The summed E-state index contributed by atoms with van der Waals surface area (Å²) < 4.78 is 43.1. The molecule has 0 radical (unpaired) electrons. The number of methoxy groups -OCH3 is 1. The number of esters is 1. The Kier molecular flexibility index (Phi) is 4.60. The predicted octanol–water partition coefficient (Wildman–Crippen LogP) is 3.95. The first kappa shape index (κ1) is 15.8. The van der Waals surface area contributed by atoms with Gasteiger partial charge in [0.25, 0.3) is 0 Å². The lowest BCUT2D eigenvalue weighted by Gasteiger charge is -2.11. The van der Waals surface area contributed by atoms with Crippen LogP contribution in [-0.4, -0.2) is 18.1 Å². The lowest BCUT2D eigenvalue weighted by Crippen LogP contribution is -2.05. The Morgan fingerprint density at radius 1 is 1.27 bits per heavy atom. The largest absolute Gasteiger partial charge is 0.466 e. The van der Waals surface area contributed by atoms with E-state index < -0.39 is 17.7 Å². The Labute approximate surface area is 125 Å². The fourth-order valence-corrected chi connectivity index (χ4v) is 1.88. The van der Waals surface area contributed by atoms with Gasteiger partial charge in [0.05, 0.1) is 12.7 Å². The first-order chi connectivity index (χ1) is 10.4. The smallest absolute Gasteiger partial charge is 0.416 e. The third-order valence-electron chi connectivity index (χ3n) is 2.95. The summed E-state index contributed by atoms with van der Waals surface area (Å²) in [6.45, 7) is 0. The number of benzene rings is 1. The fourth-order valence-electron chi connectivity index (χ4n) is 1.88. The van der Waals surface area contributed by atoms with Crippen molar-refractivity contribution >= 4 is 12.0 Å². The average molecular weight is 307 g/mol. The second-order valence-electron chi connectivity index (χ2n) is 4.40. The Morgan fingerprint density at radius 3 is 2.64 bits per heavy atom. The molecule has 6 heteroatoms. The van der Waals surface area contributed by atoms with E-state index in [-0.39, 0.29) is 0 Å². The van der Waals surface area contributed by atoms with Crippen LogP contribution in [0.15, 0.2) is 48.8 Å². The van der Waals surface area contributed by atoms with E-state index in [1.54, 1.807) is 12.1 Å². The van der Waals surface area contributed by atoms with Crippen LogP contribution in [0.2, 0.25) is 0 Å². The summed E-state index contributed by atoms with van der Waals surface area (Å²) in [7, 11) is 1.22. The minimum absolute atomic E-state index is 0.336. The van der Waals surface area contributed by atoms with Gasteiger partial charge in [0.2, 0.25) is 0 Å². The highest BCUT2D eigenvalue weighted by Gasteiger charge is 2.31. The number of halogens is 3. The Hall–Kier alpha value is -2.63. The van der Waals surface area contributed by atoms with Crippen molar-refractivity contribution in [1.82, 2.24) is 4.98 Å². The number of hydrogen-bond acceptors (Lipinski definition) is 3. The zero-order chi connectivity index (χ0) is 16.2. The molecule has 1 heterocycles. The van der Waals surface area contributed by atoms with Crippen molar-refractivity contribution in [3.05, 3.63) is 59.9 Å². The molecule has 114 valence electrons. The SMILES string of the molecule is COC(=O)/C=C/c1ccc(C(F)(F)F)cc1-c1cccnc1. The summed E-state index contributed by atoms with van der Waals surface area (Å²) in [6.07, 6.45) is 1.12. The van der Waals surface area contributed by atoms with Crippen LogP contribution in [0.5, 0.6) is 0 Å². The van der Waals surface area contributed by atoms with Gasteiger partial charge < -0.3 is 4.74 Å². The highest BCUT2D eigenvalue weighted by atomic mass is 19.4. The average Bonchev–Trinajstić information content (AvgIpc) is 2.52. The van der Waals surface area contributed by atoms with Gasteiger partial charge in [0.1, 0.15) is 0 Å². The summed E-state index contributed by atoms with van der Waals surface area (Å²) in [6, 6.07) is 6.59. The molecule has 0 fully saturated rings. The molecular formula is C16H12F3NO2. The number of alkyl halides is 3. The number of nitrogens with zero attached hydrogens (tertiary/aromatic N) is 1. The number of pyridine rings is 1. The van der Waals surface area contributed by atoms with Crippen molar-refractivity contribution in [3.63, 3.8) is 0 Å². The topological polar surface area (TPSA) is 39.2 Å². The second-order valence-corrected chi connectivity index (χ2v) is 4.40. The molecule has 0 unspecified atom stereocenters. The van der Waals surface area contributed by atoms with Gasteiger partial charge in [-0.1, -0.05) is 12.1 Å². The quantitative estimate of drug-likeness (QED) is 0.636. The Bertz CT molecular complexity index is 694. The van der Waals surface area contributed by atoms with Gasteiger partial charge in [-0.3, -0.25) is 4.98 Å². The zero-order valence-electron chi connectivity index (χ0n) is 11.6. The van der Waals surface area contributed by atoms with Gasteiger partial charge in [-0.25, -0.2) is 4.79 Å². The lowest BCUT2D eigenvalue weighted by molar-refractivity contribution is -0.137. The standard InChI is InChI=1S/C16H12F3NO2/c1-22-15(21)7-5-11-4-6-13(16(17,18)19)9-14(11)12-3-2-8-20-10-12/h2-10H,1H3/b7-5+. The van der Waals surface area contributed by atoms with Crippen LogP contribution in [0.1, 0.15) is 11.1 Å². The summed E-state index contributed by atoms with van der Waals surface area (Å²) in [5.74, 6) is -0.586. The molecule has 0 aliphatic rings. The molecule has 0 saturated heterocycles. The molecule has 0 N–H and O–H groups in total. The maximum absolute atomic E-state index is 12.9. The van der Waals surface area contributed by atoms with E-state index in [9.17, 15) is 18.0 Å². The molecule has 0 aliphatic heterocycles. The number of ether oxygens (including phenoxy) is 1. The molecule has 22 heavy (non-hydrogen) atoms. The van der Waals surface area contributed by atoms with Gasteiger partial charge in [0, 0.05) is 24.0 Å². The highest BCUT2D eigenvalue weighted by molar-refractivity contribution is 5.89. The molecular weight excluding hydrogens is 295 g/mol. The van der Waals surface area contributed by atoms with E-state index in [1.165, 1.54) is 31.6 Å². The monoisotopic (exact) mass is 307 g/mol. The molecule has 3 nitrogen and oxygen atoms in total. The van der Waals surface area contributed by atoms with Gasteiger partial charge in [-0.2, -0.15) is 13.2 Å². The number of hydrogen-bond donors (Lipinski definition) is 0. The van der Waals surface area contributed by atoms with E-state index in [4.69, 9.17) is 0 Å². The van der Waals surface area contributed by atoms with Gasteiger partial charge >= 0.3 is 12.1 Å². The first-order valence-electron chi connectivity index (χ1n) is 6.29. The van der Waals surface area contributed by atoms with Crippen molar-refractivity contribution in [3.8, 4) is 11.1 Å². The summed E-state index contributed by atoms with van der Waals surface area (Å²) in [5, 5.41) is 0. The van der Waals surface area contributed by atoms with E-state index in [0.29, 0.717) is 16.7 Å². The van der Waals surface area contributed by atoms with Crippen LogP contribution >= 0.6 is 0 Å². The summed E-state index contributed by atoms with van der Waals surface area (Å²) >= 11 is 0. The molecule has 2 rings (SSSR count). The molecule has 0 saturated carbocycles. The van der Waals surface area contributed by atoms with Crippen LogP contribution in [0, 0.1) is 0 Å². The zero-order valence-corrected chi connectivity index (χ0v) is 11.6. The highest BCUT2D eigenvalue weighted by Crippen LogP contribution is 2.34. The molecule has 1 aromatic heterocycles. The Morgan fingerprint density at radius 2 is 2.05 bits per heavy atom. The normalized spacial score (nSPS) is 11.6. The van der Waals surface area contributed by atoms with Gasteiger partial charge in [-0.05, 0) is 35.4 Å². The first-order valence-corrected chi connectivity index (χ1v) is 6.29. The predicted molar refractivity (Wildman–Crippen MR) is 75.7 cm³/mol. The van der Waals surface area contributed by atoms with E-state index in [0.717, 1.165) is 18.2 Å².